The van der Waals surface area contributed by atoms with E-state index >= 15 is 0 Å². The number of anilines is 1. The Kier molecular flexibility index (Phi) is 5.74. The molecule has 1 atom stereocenters. The summed E-state index contributed by atoms with van der Waals surface area (Å²) in [4.78, 5) is 22.7. The number of carboxylic acid groups (broad SMARTS) is 1. The number of pyridine rings is 1. The first-order chi connectivity index (χ1) is 17.5. The second kappa shape index (κ2) is 9.08. The van der Waals surface area contributed by atoms with E-state index in [1.54, 1.807) is 12.5 Å². The molecule has 0 bridgehead atoms. The molecule has 6 rings (SSSR count). The maximum absolute atomic E-state index is 11.5. The molecular formula is C28H26ClN5O2. The molecule has 1 fully saturated rings. The molecule has 0 radical (unpaired) electrons. The molecular weight excluding hydrogens is 474 g/mol. The van der Waals surface area contributed by atoms with Crippen molar-refractivity contribution in [3.8, 4) is 11.3 Å². The number of halogens is 1. The topological polar surface area (TPSA) is 97.3 Å². The Labute approximate surface area is 213 Å². The van der Waals surface area contributed by atoms with Gasteiger partial charge in [-0.2, -0.15) is 0 Å². The molecule has 1 aliphatic carbocycles. The van der Waals surface area contributed by atoms with Crippen molar-refractivity contribution in [1.82, 2.24) is 14.5 Å². The maximum Gasteiger partial charge on any atom is 0.306 e. The van der Waals surface area contributed by atoms with Gasteiger partial charge >= 0.3 is 5.97 Å². The second-order valence-corrected chi connectivity index (χ2v) is 9.95. The third kappa shape index (κ3) is 3.94. The van der Waals surface area contributed by atoms with Crippen LogP contribution in [-0.2, 0) is 4.79 Å². The number of nitrogens with two attached hydrogens (primary N) is 1. The molecule has 1 saturated carbocycles. The van der Waals surface area contributed by atoms with Gasteiger partial charge < -0.3 is 20.3 Å². The van der Waals surface area contributed by atoms with Gasteiger partial charge in [-0.05, 0) is 43.9 Å². The first kappa shape index (κ1) is 22.8. The van der Waals surface area contributed by atoms with Crippen LogP contribution in [0.25, 0.3) is 27.9 Å². The van der Waals surface area contributed by atoms with E-state index in [1.165, 1.54) is 0 Å². The predicted octanol–water partition coefficient (Wildman–Crippen LogP) is 5.92. The lowest BCUT2D eigenvalue weighted by Gasteiger charge is -2.38. The van der Waals surface area contributed by atoms with E-state index in [4.69, 9.17) is 22.3 Å². The number of aromatic nitrogens is 3. The lowest BCUT2D eigenvalue weighted by Crippen LogP contribution is -2.37. The van der Waals surface area contributed by atoms with Crippen LogP contribution in [0.15, 0.2) is 73.3 Å². The Bertz CT molecular complexity index is 1470. The summed E-state index contributed by atoms with van der Waals surface area (Å²) in [5, 5.41) is 11.0. The van der Waals surface area contributed by atoms with Crippen molar-refractivity contribution >= 4 is 39.9 Å². The van der Waals surface area contributed by atoms with Gasteiger partial charge in [0.2, 0.25) is 0 Å². The Balaban J connectivity index is 1.40. The fraction of sp³-hybridized carbons (Fsp3) is 0.250. The average molecular weight is 500 g/mol. The van der Waals surface area contributed by atoms with Crippen molar-refractivity contribution in [2.45, 2.75) is 31.8 Å². The van der Waals surface area contributed by atoms with Crippen molar-refractivity contribution in [1.29, 1.82) is 0 Å². The van der Waals surface area contributed by atoms with Crippen LogP contribution in [0, 0.1) is 11.8 Å². The molecule has 0 saturated heterocycles. The number of carboxylic acids is 1. The number of imidazole rings is 1. The third-order valence-corrected chi connectivity index (χ3v) is 7.72. The number of nitrogens with zero attached hydrogens (tertiary/aromatic N) is 4. The van der Waals surface area contributed by atoms with Gasteiger partial charge in [-0.25, -0.2) is 9.97 Å². The second-order valence-electron chi connectivity index (χ2n) is 9.54. The number of carbonyl (C=O) groups is 1. The molecule has 1 aliphatic heterocycles. The summed E-state index contributed by atoms with van der Waals surface area (Å²) in [6.07, 6.45) is 8.09. The SMILES string of the molecule is NC1c2cncn2C(C2CCC(C(=O)O)CC2)=CN1c1cc2nc(-c3ccccc3)ccc2cc1Cl. The van der Waals surface area contributed by atoms with Crippen LogP contribution in [0.4, 0.5) is 5.69 Å². The minimum atomic E-state index is -0.705. The van der Waals surface area contributed by atoms with Crippen molar-refractivity contribution in [3.05, 3.63) is 84.0 Å². The quantitative estimate of drug-likeness (QED) is 0.362. The zero-order valence-corrected chi connectivity index (χ0v) is 20.3. The minimum absolute atomic E-state index is 0.214. The molecule has 8 heteroatoms. The molecule has 3 N–H and O–H groups in total. The van der Waals surface area contributed by atoms with Crippen molar-refractivity contribution in [3.63, 3.8) is 0 Å². The van der Waals surface area contributed by atoms with E-state index in [-0.39, 0.29) is 11.8 Å². The van der Waals surface area contributed by atoms with Crippen molar-refractivity contribution < 1.29 is 9.90 Å². The van der Waals surface area contributed by atoms with E-state index in [9.17, 15) is 9.90 Å². The van der Waals surface area contributed by atoms with Crippen LogP contribution in [0.5, 0.6) is 0 Å². The van der Waals surface area contributed by atoms with Crippen molar-refractivity contribution in [2.24, 2.45) is 17.6 Å². The van der Waals surface area contributed by atoms with Gasteiger partial charge in [0.05, 0.1) is 46.1 Å². The highest BCUT2D eigenvalue weighted by Crippen LogP contribution is 2.42. The van der Waals surface area contributed by atoms with Gasteiger partial charge in [-0.3, -0.25) is 4.79 Å². The zero-order valence-electron chi connectivity index (χ0n) is 19.6. The summed E-state index contributed by atoms with van der Waals surface area (Å²) in [7, 11) is 0. The smallest absolute Gasteiger partial charge is 0.306 e. The highest BCUT2D eigenvalue weighted by atomic mass is 35.5. The molecule has 2 aliphatic rings. The molecule has 3 heterocycles. The van der Waals surface area contributed by atoms with E-state index in [1.807, 2.05) is 64.1 Å². The summed E-state index contributed by atoms with van der Waals surface area (Å²) in [5.74, 6) is -0.764. The molecule has 1 unspecified atom stereocenters. The first-order valence-electron chi connectivity index (χ1n) is 12.2. The van der Waals surface area contributed by atoms with Crippen molar-refractivity contribution in [2.75, 3.05) is 4.90 Å². The molecule has 0 spiro atoms. The molecule has 4 aromatic rings. The van der Waals surface area contributed by atoms with Crippen LogP contribution in [-0.4, -0.2) is 25.6 Å². The van der Waals surface area contributed by atoms with Gasteiger partial charge in [0.15, 0.2) is 0 Å². The van der Waals surface area contributed by atoms with Crippen LogP contribution in [0.1, 0.15) is 37.5 Å². The van der Waals surface area contributed by atoms with Gasteiger partial charge in [0.1, 0.15) is 6.17 Å². The van der Waals surface area contributed by atoms with Gasteiger partial charge in [0.25, 0.3) is 0 Å². The fourth-order valence-corrected chi connectivity index (χ4v) is 5.69. The lowest BCUT2D eigenvalue weighted by molar-refractivity contribution is -0.142. The van der Waals surface area contributed by atoms with E-state index in [0.717, 1.165) is 52.1 Å². The number of benzene rings is 2. The Morgan fingerprint density at radius 1 is 1.06 bits per heavy atom. The van der Waals surface area contributed by atoms with Crippen LogP contribution >= 0.6 is 11.6 Å². The van der Waals surface area contributed by atoms with Gasteiger partial charge in [-0.15, -0.1) is 0 Å². The molecule has 0 amide bonds. The summed E-state index contributed by atoms with van der Waals surface area (Å²) in [6, 6.07) is 18.0. The average Bonchev–Trinajstić information content (AvgIpc) is 3.40. The van der Waals surface area contributed by atoms with Gasteiger partial charge in [0, 0.05) is 28.8 Å². The third-order valence-electron chi connectivity index (χ3n) is 7.42. The summed E-state index contributed by atoms with van der Waals surface area (Å²) in [6.45, 7) is 0. The zero-order chi connectivity index (χ0) is 24.8. The normalized spacial score (nSPS) is 21.8. The Morgan fingerprint density at radius 2 is 1.83 bits per heavy atom. The lowest BCUT2D eigenvalue weighted by atomic mass is 9.80. The van der Waals surface area contributed by atoms with Crippen LogP contribution < -0.4 is 10.6 Å². The Hall–Kier alpha value is -3.68. The molecule has 2 aromatic carbocycles. The molecule has 182 valence electrons. The minimum Gasteiger partial charge on any atom is -0.481 e. The van der Waals surface area contributed by atoms with Crippen LogP contribution in [0.2, 0.25) is 5.02 Å². The fourth-order valence-electron chi connectivity index (χ4n) is 5.42. The maximum atomic E-state index is 11.5. The standard InChI is InChI=1S/C28H26ClN5O2/c29-21-12-20-10-11-22(17-4-2-1-3-5-17)32-23(20)13-24(21)33-15-26(34-16-31-14-25(34)27(33)30)18-6-8-19(9-7-18)28(35)36/h1-5,10-16,18-19,27H,6-9,30H2,(H,35,36). The number of rotatable bonds is 4. The largest absolute Gasteiger partial charge is 0.481 e. The molecule has 2 aromatic heterocycles. The highest BCUT2D eigenvalue weighted by molar-refractivity contribution is 6.34. The predicted molar refractivity (Wildman–Crippen MR) is 141 cm³/mol. The van der Waals surface area contributed by atoms with E-state index in [0.29, 0.717) is 17.9 Å². The number of allylic oxidation sites excluding steroid dienone is 1. The number of hydrogen-bond acceptors (Lipinski definition) is 5. The molecule has 36 heavy (non-hydrogen) atoms. The van der Waals surface area contributed by atoms with E-state index < -0.39 is 12.1 Å². The number of hydrogen-bond donors (Lipinski definition) is 2. The summed E-state index contributed by atoms with van der Waals surface area (Å²) in [5.41, 5.74) is 12.2. The highest BCUT2D eigenvalue weighted by Gasteiger charge is 2.34. The molecule has 7 nitrogen and oxygen atoms in total. The Morgan fingerprint density at radius 3 is 2.58 bits per heavy atom. The summed E-state index contributed by atoms with van der Waals surface area (Å²) >= 11 is 6.81. The number of aliphatic carboxylic acids is 1. The summed E-state index contributed by atoms with van der Waals surface area (Å²) < 4.78 is 2.05. The van der Waals surface area contributed by atoms with E-state index in [2.05, 4.69) is 11.2 Å². The monoisotopic (exact) mass is 499 g/mol. The van der Waals surface area contributed by atoms with Gasteiger partial charge in [-0.1, -0.05) is 48.0 Å². The first-order valence-corrected chi connectivity index (χ1v) is 12.5. The number of fused-ring (bicyclic) bond motifs is 2. The van der Waals surface area contributed by atoms with Crippen LogP contribution in [0.3, 0.4) is 0 Å².